The SMILES string of the molecule is COCCC1(NC(=O)C2CCOCC2)CCN(C(=O)Nc2ccc(C)c(C)c2)C1. The van der Waals surface area contributed by atoms with E-state index in [9.17, 15) is 9.59 Å². The molecule has 1 aromatic carbocycles. The van der Waals surface area contributed by atoms with Crippen LogP contribution in [0.2, 0.25) is 0 Å². The summed E-state index contributed by atoms with van der Waals surface area (Å²) in [5, 5.41) is 6.26. The molecule has 1 unspecified atom stereocenters. The molecule has 0 bridgehead atoms. The molecule has 3 amide bonds. The van der Waals surface area contributed by atoms with Crippen LogP contribution in [0.3, 0.4) is 0 Å². The highest BCUT2D eigenvalue weighted by Gasteiger charge is 2.42. The Labute approximate surface area is 173 Å². The predicted octanol–water partition coefficient (Wildman–Crippen LogP) is 2.86. The van der Waals surface area contributed by atoms with E-state index < -0.39 is 5.54 Å². The number of urea groups is 1. The minimum atomic E-state index is -0.439. The fourth-order valence-electron chi connectivity index (χ4n) is 4.06. The lowest BCUT2D eigenvalue weighted by Gasteiger charge is -2.33. The van der Waals surface area contributed by atoms with Crippen LogP contribution < -0.4 is 10.6 Å². The molecule has 2 N–H and O–H groups in total. The van der Waals surface area contributed by atoms with Crippen molar-refractivity contribution < 1.29 is 19.1 Å². The number of hydrogen-bond acceptors (Lipinski definition) is 4. The zero-order valence-electron chi connectivity index (χ0n) is 17.8. The first-order valence-electron chi connectivity index (χ1n) is 10.4. The van der Waals surface area contributed by atoms with Crippen molar-refractivity contribution in [2.24, 2.45) is 5.92 Å². The van der Waals surface area contributed by atoms with Crippen LogP contribution in [0, 0.1) is 19.8 Å². The Morgan fingerprint density at radius 1 is 1.24 bits per heavy atom. The predicted molar refractivity (Wildman–Crippen MR) is 112 cm³/mol. The minimum Gasteiger partial charge on any atom is -0.385 e. The third kappa shape index (κ3) is 5.48. The van der Waals surface area contributed by atoms with E-state index in [-0.39, 0.29) is 17.9 Å². The molecule has 29 heavy (non-hydrogen) atoms. The third-order valence-corrected chi connectivity index (χ3v) is 6.16. The number of benzene rings is 1. The summed E-state index contributed by atoms with van der Waals surface area (Å²) in [7, 11) is 1.66. The van der Waals surface area contributed by atoms with Crippen LogP contribution in [-0.4, -0.2) is 62.4 Å². The van der Waals surface area contributed by atoms with Crippen molar-refractivity contribution in [2.75, 3.05) is 45.3 Å². The normalized spacial score (nSPS) is 22.5. The van der Waals surface area contributed by atoms with Crippen molar-refractivity contribution in [3.05, 3.63) is 29.3 Å². The summed E-state index contributed by atoms with van der Waals surface area (Å²) in [5.41, 5.74) is 2.69. The molecule has 2 saturated heterocycles. The number of anilines is 1. The molecule has 7 heteroatoms. The smallest absolute Gasteiger partial charge is 0.321 e. The molecule has 0 radical (unpaired) electrons. The summed E-state index contributed by atoms with van der Waals surface area (Å²) in [5.74, 6) is 0.0578. The van der Waals surface area contributed by atoms with E-state index in [1.165, 1.54) is 5.56 Å². The van der Waals surface area contributed by atoms with Gasteiger partial charge in [-0.2, -0.15) is 0 Å². The number of methoxy groups -OCH3 is 1. The molecule has 160 valence electrons. The second-order valence-corrected chi connectivity index (χ2v) is 8.30. The molecule has 3 rings (SSSR count). The first-order valence-corrected chi connectivity index (χ1v) is 10.4. The van der Waals surface area contributed by atoms with Crippen LogP contribution in [0.4, 0.5) is 10.5 Å². The number of carbonyl (C=O) groups excluding carboxylic acids is 2. The lowest BCUT2D eigenvalue weighted by atomic mass is 9.91. The van der Waals surface area contributed by atoms with E-state index in [4.69, 9.17) is 9.47 Å². The summed E-state index contributed by atoms with van der Waals surface area (Å²) in [6, 6.07) is 5.77. The Kier molecular flexibility index (Phi) is 7.14. The number of hydrogen-bond donors (Lipinski definition) is 2. The molecule has 7 nitrogen and oxygen atoms in total. The number of amides is 3. The van der Waals surface area contributed by atoms with Gasteiger partial charge in [0.15, 0.2) is 0 Å². The first kappa shape index (κ1) is 21.6. The van der Waals surface area contributed by atoms with E-state index >= 15 is 0 Å². The van der Waals surface area contributed by atoms with Gasteiger partial charge in [-0.1, -0.05) is 6.07 Å². The number of ether oxygens (including phenoxy) is 2. The second kappa shape index (κ2) is 9.59. The van der Waals surface area contributed by atoms with Crippen molar-refractivity contribution in [1.82, 2.24) is 10.2 Å². The van der Waals surface area contributed by atoms with Crippen LogP contribution in [0.5, 0.6) is 0 Å². The van der Waals surface area contributed by atoms with Crippen LogP contribution in [0.1, 0.15) is 36.8 Å². The summed E-state index contributed by atoms with van der Waals surface area (Å²) in [4.78, 5) is 27.4. The molecule has 2 aliphatic rings. The van der Waals surface area contributed by atoms with Gasteiger partial charge in [0.1, 0.15) is 0 Å². The highest BCUT2D eigenvalue weighted by Crippen LogP contribution is 2.28. The van der Waals surface area contributed by atoms with Gasteiger partial charge >= 0.3 is 6.03 Å². The third-order valence-electron chi connectivity index (χ3n) is 6.16. The van der Waals surface area contributed by atoms with Gasteiger partial charge in [-0.15, -0.1) is 0 Å². The van der Waals surface area contributed by atoms with E-state index in [0.29, 0.717) is 39.3 Å². The zero-order chi connectivity index (χ0) is 20.9. The summed E-state index contributed by atoms with van der Waals surface area (Å²) >= 11 is 0. The van der Waals surface area contributed by atoms with Crippen molar-refractivity contribution in [2.45, 2.75) is 45.1 Å². The maximum absolute atomic E-state index is 12.8. The van der Waals surface area contributed by atoms with Gasteiger partial charge in [0.25, 0.3) is 0 Å². The molecule has 0 spiro atoms. The average Bonchev–Trinajstić information content (AvgIpc) is 3.14. The molecular formula is C22H33N3O4. The highest BCUT2D eigenvalue weighted by molar-refractivity contribution is 5.90. The second-order valence-electron chi connectivity index (χ2n) is 8.30. The standard InChI is InChI=1S/C22H33N3O4/c1-16-4-5-19(14-17(16)2)23-21(27)25-10-8-22(15-25,9-13-28-3)24-20(26)18-6-11-29-12-7-18/h4-5,14,18H,6-13,15H2,1-3H3,(H,23,27)(H,24,26). The molecule has 1 atom stereocenters. The summed E-state index contributed by atoms with van der Waals surface area (Å²) in [6.45, 7) is 6.98. The largest absolute Gasteiger partial charge is 0.385 e. The van der Waals surface area contributed by atoms with Gasteiger partial charge in [0.2, 0.25) is 5.91 Å². The molecule has 0 aliphatic carbocycles. The van der Waals surface area contributed by atoms with Crippen molar-refractivity contribution in [3.8, 4) is 0 Å². The lowest BCUT2D eigenvalue weighted by Crippen LogP contribution is -2.54. The van der Waals surface area contributed by atoms with E-state index in [0.717, 1.165) is 30.5 Å². The van der Waals surface area contributed by atoms with Crippen LogP contribution in [0.15, 0.2) is 18.2 Å². The minimum absolute atomic E-state index is 0.0124. The maximum Gasteiger partial charge on any atom is 0.321 e. The van der Waals surface area contributed by atoms with E-state index in [1.807, 2.05) is 32.0 Å². The Balaban J connectivity index is 1.64. The van der Waals surface area contributed by atoms with Gasteiger partial charge in [0, 0.05) is 51.6 Å². The van der Waals surface area contributed by atoms with Gasteiger partial charge in [0.05, 0.1) is 5.54 Å². The van der Waals surface area contributed by atoms with Crippen molar-refractivity contribution >= 4 is 17.6 Å². The Bertz CT molecular complexity index is 733. The molecule has 1 aromatic rings. The molecular weight excluding hydrogens is 370 g/mol. The van der Waals surface area contributed by atoms with Crippen LogP contribution in [0.25, 0.3) is 0 Å². The molecule has 2 heterocycles. The number of rotatable bonds is 6. The first-order chi connectivity index (χ1) is 13.9. The van der Waals surface area contributed by atoms with E-state index in [2.05, 4.69) is 10.6 Å². The highest BCUT2D eigenvalue weighted by atomic mass is 16.5. The molecule has 0 saturated carbocycles. The number of nitrogens with zero attached hydrogens (tertiary/aromatic N) is 1. The zero-order valence-corrected chi connectivity index (χ0v) is 17.8. The average molecular weight is 404 g/mol. The fourth-order valence-corrected chi connectivity index (χ4v) is 4.06. The maximum atomic E-state index is 12.8. The van der Waals surface area contributed by atoms with Gasteiger partial charge < -0.3 is 25.0 Å². The molecule has 2 fully saturated rings. The quantitative estimate of drug-likeness (QED) is 0.765. The fraction of sp³-hybridized carbons (Fsp3) is 0.636. The number of likely N-dealkylation sites (tertiary alicyclic amines) is 1. The molecule has 2 aliphatic heterocycles. The van der Waals surface area contributed by atoms with Crippen LogP contribution in [-0.2, 0) is 14.3 Å². The van der Waals surface area contributed by atoms with Gasteiger partial charge in [-0.3, -0.25) is 4.79 Å². The summed E-state index contributed by atoms with van der Waals surface area (Å²) in [6.07, 6.45) is 2.92. The van der Waals surface area contributed by atoms with E-state index in [1.54, 1.807) is 12.0 Å². The number of nitrogens with one attached hydrogen (secondary N) is 2. The van der Waals surface area contributed by atoms with Crippen molar-refractivity contribution in [3.63, 3.8) is 0 Å². The topological polar surface area (TPSA) is 79.9 Å². The number of aryl methyl sites for hydroxylation is 2. The van der Waals surface area contributed by atoms with Gasteiger partial charge in [-0.25, -0.2) is 4.79 Å². The summed E-state index contributed by atoms with van der Waals surface area (Å²) < 4.78 is 10.7. The van der Waals surface area contributed by atoms with Crippen LogP contribution >= 0.6 is 0 Å². The molecule has 0 aromatic heterocycles. The Morgan fingerprint density at radius 3 is 2.69 bits per heavy atom. The van der Waals surface area contributed by atoms with Gasteiger partial charge in [-0.05, 0) is 62.8 Å². The Morgan fingerprint density at radius 2 is 2.00 bits per heavy atom. The lowest BCUT2D eigenvalue weighted by molar-refractivity contribution is -0.130. The number of carbonyl (C=O) groups is 2. The van der Waals surface area contributed by atoms with Crippen molar-refractivity contribution in [1.29, 1.82) is 0 Å². The monoisotopic (exact) mass is 403 g/mol. The Hall–Kier alpha value is -2.12.